The van der Waals surface area contributed by atoms with E-state index in [0.29, 0.717) is 16.1 Å². The normalized spacial score (nSPS) is 25.5. The summed E-state index contributed by atoms with van der Waals surface area (Å²) in [6.45, 7) is 14.1. The Labute approximate surface area is 181 Å². The molecule has 3 rings (SSSR count). The Morgan fingerprint density at radius 1 is 1.37 bits per heavy atom. The minimum atomic E-state index is -2.29. The van der Waals surface area contributed by atoms with Crippen molar-refractivity contribution in [3.63, 3.8) is 0 Å². The monoisotopic (exact) mass is 457 g/mol. The highest BCUT2D eigenvalue weighted by molar-refractivity contribution is 8.00. The third-order valence-electron chi connectivity index (χ3n) is 5.76. The van der Waals surface area contributed by atoms with Crippen LogP contribution in [0.5, 0.6) is 0 Å². The Morgan fingerprint density at radius 2 is 2.03 bits per heavy atom. The number of anilines is 1. The summed E-state index contributed by atoms with van der Waals surface area (Å²) in [7, 11) is -2.29. The van der Waals surface area contributed by atoms with Gasteiger partial charge in [-0.3, -0.25) is 0 Å². The number of rotatable bonds is 6. The first kappa shape index (κ1) is 23.4. The first-order chi connectivity index (χ1) is 13.9. The average Bonchev–Trinajstić information content (AvgIpc) is 3.12. The van der Waals surface area contributed by atoms with Gasteiger partial charge in [0.05, 0.1) is 12.0 Å². The van der Waals surface area contributed by atoms with Crippen molar-refractivity contribution >= 4 is 36.9 Å². The van der Waals surface area contributed by atoms with Gasteiger partial charge in [-0.2, -0.15) is 5.10 Å². The molecule has 11 heteroatoms. The number of alkyl halides is 1. The van der Waals surface area contributed by atoms with Crippen LogP contribution >= 0.6 is 11.8 Å². The standard InChI is InChI=1S/C19H32FN5O3SSi/c1-10(2)29-17-12-15(21)22-9-23-16(12)25(24-17)18-13(20)14(11(8-26)27-18)28-30(6,7)19(3,4)5/h9-11,13-14,18,26H,8H2,1-7H3,(H2,21,22,23)/t11-,13-,14-,18-/m1/s1. The Morgan fingerprint density at radius 3 is 2.60 bits per heavy atom. The van der Waals surface area contributed by atoms with Gasteiger partial charge in [-0.05, 0) is 18.1 Å². The van der Waals surface area contributed by atoms with E-state index in [-0.39, 0.29) is 22.7 Å². The number of hydrogen-bond donors (Lipinski definition) is 2. The van der Waals surface area contributed by atoms with Gasteiger partial charge in [0.1, 0.15) is 29.4 Å². The SMILES string of the molecule is CC(C)Sc1nn([C@@H]2O[C@H](CO)[C@@H](O[Si](C)(C)C(C)(C)C)[C@H]2F)c2ncnc(N)c12. The number of ether oxygens (including phenoxy) is 1. The Bertz CT molecular complexity index is 904. The van der Waals surface area contributed by atoms with Crippen LogP contribution < -0.4 is 5.73 Å². The second kappa shape index (κ2) is 8.34. The van der Waals surface area contributed by atoms with Crippen LogP contribution in [0.4, 0.5) is 10.2 Å². The topological polar surface area (TPSA) is 108 Å². The van der Waals surface area contributed by atoms with Gasteiger partial charge >= 0.3 is 0 Å². The second-order valence-electron chi connectivity index (χ2n) is 9.41. The van der Waals surface area contributed by atoms with Crippen molar-refractivity contribution in [2.24, 2.45) is 0 Å². The molecule has 30 heavy (non-hydrogen) atoms. The van der Waals surface area contributed by atoms with Gasteiger partial charge in [0.25, 0.3) is 0 Å². The van der Waals surface area contributed by atoms with E-state index in [4.69, 9.17) is 14.9 Å². The summed E-state index contributed by atoms with van der Waals surface area (Å²) in [5.74, 6) is 0.288. The van der Waals surface area contributed by atoms with Crippen molar-refractivity contribution in [3.8, 4) is 0 Å². The number of aliphatic hydroxyl groups is 1. The van der Waals surface area contributed by atoms with Gasteiger partial charge in [0.2, 0.25) is 0 Å². The molecule has 168 valence electrons. The van der Waals surface area contributed by atoms with Crippen LogP contribution in [0.1, 0.15) is 40.8 Å². The van der Waals surface area contributed by atoms with E-state index < -0.39 is 32.9 Å². The maximum atomic E-state index is 15.7. The molecule has 0 aromatic carbocycles. The lowest BCUT2D eigenvalue weighted by Gasteiger charge is -2.39. The quantitative estimate of drug-likeness (QED) is 0.501. The van der Waals surface area contributed by atoms with Crippen molar-refractivity contribution in [2.75, 3.05) is 12.3 Å². The molecular weight excluding hydrogens is 425 g/mol. The molecule has 0 bridgehead atoms. The zero-order valence-electron chi connectivity index (χ0n) is 18.6. The summed E-state index contributed by atoms with van der Waals surface area (Å²) >= 11 is 1.50. The zero-order chi connectivity index (χ0) is 22.4. The molecule has 0 amide bonds. The van der Waals surface area contributed by atoms with E-state index in [2.05, 4.69) is 48.9 Å². The van der Waals surface area contributed by atoms with Gasteiger partial charge in [0.15, 0.2) is 26.4 Å². The largest absolute Gasteiger partial charge is 0.408 e. The van der Waals surface area contributed by atoms with Crippen LogP contribution in [0.3, 0.4) is 0 Å². The van der Waals surface area contributed by atoms with Crippen LogP contribution in [0, 0.1) is 0 Å². The van der Waals surface area contributed by atoms with Crippen LogP contribution in [-0.4, -0.2) is 63.4 Å². The van der Waals surface area contributed by atoms with Gasteiger partial charge in [-0.25, -0.2) is 19.0 Å². The third kappa shape index (κ3) is 4.22. The second-order valence-corrected chi connectivity index (χ2v) is 15.7. The molecular formula is C19H32FN5O3SSi. The number of halogens is 1. The van der Waals surface area contributed by atoms with Crippen LogP contribution in [0.25, 0.3) is 11.0 Å². The molecule has 0 spiro atoms. The number of nitrogens with two attached hydrogens (primary N) is 1. The summed E-state index contributed by atoms with van der Waals surface area (Å²) in [4.78, 5) is 8.36. The summed E-state index contributed by atoms with van der Waals surface area (Å²) in [6, 6.07) is 0. The number of hydrogen-bond acceptors (Lipinski definition) is 8. The summed E-state index contributed by atoms with van der Waals surface area (Å²) in [5.41, 5.74) is 6.49. The summed E-state index contributed by atoms with van der Waals surface area (Å²) < 4.78 is 29.4. The molecule has 3 N–H and O–H groups in total. The van der Waals surface area contributed by atoms with Gasteiger partial charge in [0, 0.05) is 5.25 Å². The lowest BCUT2D eigenvalue weighted by Crippen LogP contribution is -2.49. The predicted octanol–water partition coefficient (Wildman–Crippen LogP) is 3.53. The van der Waals surface area contributed by atoms with E-state index in [1.807, 2.05) is 13.8 Å². The van der Waals surface area contributed by atoms with Crippen molar-refractivity contribution in [2.45, 2.75) is 87.6 Å². The number of nitrogen functional groups attached to an aromatic ring is 1. The maximum Gasteiger partial charge on any atom is 0.192 e. The van der Waals surface area contributed by atoms with Crippen molar-refractivity contribution in [1.82, 2.24) is 19.7 Å². The number of aromatic nitrogens is 4. The first-order valence-corrected chi connectivity index (χ1v) is 13.9. The Balaban J connectivity index is 2.01. The van der Waals surface area contributed by atoms with Gasteiger partial charge < -0.3 is 20.0 Å². The maximum absolute atomic E-state index is 15.7. The van der Waals surface area contributed by atoms with Crippen LogP contribution in [0.2, 0.25) is 18.1 Å². The number of nitrogens with zero attached hydrogens (tertiary/aromatic N) is 4. The van der Waals surface area contributed by atoms with E-state index in [1.54, 1.807) is 0 Å². The molecule has 0 aliphatic carbocycles. The fourth-order valence-electron chi connectivity index (χ4n) is 3.14. The summed E-state index contributed by atoms with van der Waals surface area (Å²) in [5, 5.41) is 15.8. The molecule has 1 fully saturated rings. The molecule has 1 saturated heterocycles. The highest BCUT2D eigenvalue weighted by Gasteiger charge is 2.51. The molecule has 1 aliphatic heterocycles. The lowest BCUT2D eigenvalue weighted by molar-refractivity contribution is -0.0497. The molecule has 4 atom stereocenters. The van der Waals surface area contributed by atoms with Gasteiger partial charge in [-0.15, -0.1) is 11.8 Å². The lowest BCUT2D eigenvalue weighted by atomic mass is 10.1. The predicted molar refractivity (Wildman–Crippen MR) is 119 cm³/mol. The number of fused-ring (bicyclic) bond motifs is 1. The van der Waals surface area contributed by atoms with Gasteiger partial charge in [-0.1, -0.05) is 34.6 Å². The van der Waals surface area contributed by atoms with E-state index >= 15 is 4.39 Å². The van der Waals surface area contributed by atoms with E-state index in [0.717, 1.165) is 0 Å². The highest BCUT2D eigenvalue weighted by atomic mass is 32.2. The minimum Gasteiger partial charge on any atom is -0.408 e. The van der Waals surface area contributed by atoms with Crippen LogP contribution in [-0.2, 0) is 9.16 Å². The minimum absolute atomic E-state index is 0.105. The van der Waals surface area contributed by atoms with E-state index in [9.17, 15) is 5.11 Å². The molecule has 8 nitrogen and oxygen atoms in total. The first-order valence-electron chi connectivity index (χ1n) is 10.1. The molecule has 0 radical (unpaired) electrons. The average molecular weight is 458 g/mol. The molecule has 0 saturated carbocycles. The van der Waals surface area contributed by atoms with Crippen LogP contribution in [0.15, 0.2) is 11.4 Å². The van der Waals surface area contributed by atoms with Crippen molar-refractivity contribution in [1.29, 1.82) is 0 Å². The van der Waals surface area contributed by atoms with E-state index in [1.165, 1.54) is 22.8 Å². The summed E-state index contributed by atoms with van der Waals surface area (Å²) in [6.07, 6.45) is -2.95. The Kier molecular flexibility index (Phi) is 6.50. The molecule has 0 unspecified atom stereocenters. The molecule has 2 aromatic rings. The number of thioether (sulfide) groups is 1. The van der Waals surface area contributed by atoms with Crippen molar-refractivity contribution < 1.29 is 18.7 Å². The number of aliphatic hydroxyl groups excluding tert-OH is 1. The fraction of sp³-hybridized carbons (Fsp3) is 0.737. The zero-order valence-corrected chi connectivity index (χ0v) is 20.4. The third-order valence-corrected chi connectivity index (χ3v) is 11.2. The Hall–Kier alpha value is -1.27. The smallest absolute Gasteiger partial charge is 0.192 e. The van der Waals surface area contributed by atoms with Crippen molar-refractivity contribution in [3.05, 3.63) is 6.33 Å². The molecule has 2 aromatic heterocycles. The molecule has 3 heterocycles. The molecule has 1 aliphatic rings. The fourth-order valence-corrected chi connectivity index (χ4v) is 5.35. The highest BCUT2D eigenvalue weighted by Crippen LogP contribution is 2.43.